The number of hydrogen-bond donors (Lipinski definition) is 1. The van der Waals surface area contributed by atoms with Gasteiger partial charge >= 0.3 is 0 Å². The first-order valence-corrected chi connectivity index (χ1v) is 8.51. The molecular weight excluding hydrogens is 334 g/mol. The summed E-state index contributed by atoms with van der Waals surface area (Å²) in [6.07, 6.45) is -0.00866. The van der Waals surface area contributed by atoms with Gasteiger partial charge in [-0.15, -0.1) is 0 Å². The molecule has 0 aliphatic heterocycles. The maximum Gasteiger partial charge on any atom is 0.261 e. The summed E-state index contributed by atoms with van der Waals surface area (Å²) in [5, 5.41) is 2.83. The van der Waals surface area contributed by atoms with Crippen molar-refractivity contribution in [1.29, 1.82) is 0 Å². The SMILES string of the molecule is CCC(Oc1cccc(OC)c1)C(=O)NCCOc1ccc(OC)cc1. The van der Waals surface area contributed by atoms with Crippen LogP contribution in [0.15, 0.2) is 48.5 Å². The lowest BCUT2D eigenvalue weighted by atomic mass is 10.2. The summed E-state index contributed by atoms with van der Waals surface area (Å²) in [7, 11) is 3.20. The van der Waals surface area contributed by atoms with Gasteiger partial charge in [-0.05, 0) is 42.8 Å². The van der Waals surface area contributed by atoms with Crippen LogP contribution in [0.5, 0.6) is 23.0 Å². The summed E-state index contributed by atoms with van der Waals surface area (Å²) in [5.74, 6) is 2.60. The highest BCUT2D eigenvalue weighted by Gasteiger charge is 2.18. The zero-order valence-electron chi connectivity index (χ0n) is 15.4. The summed E-state index contributed by atoms with van der Waals surface area (Å²) in [4.78, 5) is 12.3. The second-order valence-electron chi connectivity index (χ2n) is 5.51. The smallest absolute Gasteiger partial charge is 0.261 e. The van der Waals surface area contributed by atoms with Crippen molar-refractivity contribution in [1.82, 2.24) is 5.32 Å². The molecule has 1 amide bonds. The van der Waals surface area contributed by atoms with Crippen molar-refractivity contribution in [2.24, 2.45) is 0 Å². The molecule has 0 spiro atoms. The molecule has 0 saturated carbocycles. The Kier molecular flexibility index (Phi) is 7.61. The largest absolute Gasteiger partial charge is 0.497 e. The number of carbonyl (C=O) groups is 1. The molecule has 2 aromatic rings. The fraction of sp³-hybridized carbons (Fsp3) is 0.350. The molecular formula is C20H25NO5. The second-order valence-corrected chi connectivity index (χ2v) is 5.51. The molecule has 6 nitrogen and oxygen atoms in total. The zero-order valence-corrected chi connectivity index (χ0v) is 15.4. The third-order valence-electron chi connectivity index (χ3n) is 3.71. The molecule has 1 atom stereocenters. The normalized spacial score (nSPS) is 11.3. The minimum Gasteiger partial charge on any atom is -0.497 e. The van der Waals surface area contributed by atoms with E-state index in [9.17, 15) is 4.79 Å². The van der Waals surface area contributed by atoms with Gasteiger partial charge in [-0.2, -0.15) is 0 Å². The summed E-state index contributed by atoms with van der Waals surface area (Å²) < 4.78 is 21.6. The lowest BCUT2D eigenvalue weighted by Gasteiger charge is -2.17. The summed E-state index contributed by atoms with van der Waals surface area (Å²) >= 11 is 0. The summed E-state index contributed by atoms with van der Waals surface area (Å²) in [5.41, 5.74) is 0. The van der Waals surface area contributed by atoms with Crippen molar-refractivity contribution in [2.75, 3.05) is 27.4 Å². The van der Waals surface area contributed by atoms with Crippen LogP contribution in [0.25, 0.3) is 0 Å². The number of carbonyl (C=O) groups excluding carboxylic acids is 1. The topological polar surface area (TPSA) is 66.0 Å². The Labute approximate surface area is 154 Å². The highest BCUT2D eigenvalue weighted by Crippen LogP contribution is 2.20. The van der Waals surface area contributed by atoms with Crippen LogP contribution in [0.2, 0.25) is 0 Å². The van der Waals surface area contributed by atoms with E-state index < -0.39 is 6.10 Å². The van der Waals surface area contributed by atoms with Crippen LogP contribution < -0.4 is 24.3 Å². The van der Waals surface area contributed by atoms with Gasteiger partial charge in [0.1, 0.15) is 29.6 Å². The number of rotatable bonds is 10. The molecule has 0 radical (unpaired) electrons. The fourth-order valence-corrected chi connectivity index (χ4v) is 2.29. The van der Waals surface area contributed by atoms with Crippen LogP contribution in [0, 0.1) is 0 Å². The highest BCUT2D eigenvalue weighted by atomic mass is 16.5. The van der Waals surface area contributed by atoms with Crippen LogP contribution in [0.4, 0.5) is 0 Å². The molecule has 6 heteroatoms. The molecule has 0 aliphatic carbocycles. The lowest BCUT2D eigenvalue weighted by Crippen LogP contribution is -2.39. The average molecular weight is 359 g/mol. The van der Waals surface area contributed by atoms with E-state index >= 15 is 0 Å². The Hall–Kier alpha value is -2.89. The van der Waals surface area contributed by atoms with E-state index in [2.05, 4.69) is 5.32 Å². The standard InChI is InChI=1S/C20H25NO5/c1-4-19(26-18-7-5-6-17(14-18)24-3)20(22)21-12-13-25-16-10-8-15(23-2)9-11-16/h5-11,14,19H,4,12-13H2,1-3H3,(H,21,22). The predicted molar refractivity (Wildman–Crippen MR) is 99.2 cm³/mol. The van der Waals surface area contributed by atoms with E-state index in [0.717, 1.165) is 11.5 Å². The van der Waals surface area contributed by atoms with Gasteiger partial charge in [0, 0.05) is 6.07 Å². The predicted octanol–water partition coefficient (Wildman–Crippen LogP) is 3.06. The molecule has 140 valence electrons. The highest BCUT2D eigenvalue weighted by molar-refractivity contribution is 5.81. The average Bonchev–Trinajstić information content (AvgIpc) is 2.69. The number of amides is 1. The van der Waals surface area contributed by atoms with Crippen LogP contribution >= 0.6 is 0 Å². The van der Waals surface area contributed by atoms with Gasteiger partial charge in [-0.25, -0.2) is 0 Å². The van der Waals surface area contributed by atoms with Crippen LogP contribution in [-0.2, 0) is 4.79 Å². The van der Waals surface area contributed by atoms with E-state index in [1.54, 1.807) is 26.4 Å². The van der Waals surface area contributed by atoms with Crippen LogP contribution in [-0.4, -0.2) is 39.4 Å². The maximum absolute atomic E-state index is 12.3. The van der Waals surface area contributed by atoms with Crippen molar-refractivity contribution >= 4 is 5.91 Å². The van der Waals surface area contributed by atoms with Gasteiger partial charge in [0.05, 0.1) is 20.8 Å². The van der Waals surface area contributed by atoms with Crippen molar-refractivity contribution in [2.45, 2.75) is 19.4 Å². The zero-order chi connectivity index (χ0) is 18.8. The molecule has 26 heavy (non-hydrogen) atoms. The molecule has 0 aliphatic rings. The molecule has 0 saturated heterocycles. The van der Waals surface area contributed by atoms with Gasteiger partial charge in [0.25, 0.3) is 5.91 Å². The van der Waals surface area contributed by atoms with E-state index in [1.165, 1.54) is 0 Å². The Morgan fingerprint density at radius 3 is 2.27 bits per heavy atom. The van der Waals surface area contributed by atoms with E-state index in [-0.39, 0.29) is 5.91 Å². The second kappa shape index (κ2) is 10.2. The molecule has 0 heterocycles. The van der Waals surface area contributed by atoms with E-state index in [1.807, 2.05) is 43.3 Å². The number of ether oxygens (including phenoxy) is 4. The first-order chi connectivity index (χ1) is 12.7. The van der Waals surface area contributed by atoms with Gasteiger partial charge in [-0.3, -0.25) is 4.79 Å². The lowest BCUT2D eigenvalue weighted by molar-refractivity contribution is -0.128. The summed E-state index contributed by atoms with van der Waals surface area (Å²) in [6, 6.07) is 14.5. The third-order valence-corrected chi connectivity index (χ3v) is 3.71. The monoisotopic (exact) mass is 359 g/mol. The molecule has 2 rings (SSSR count). The van der Waals surface area contributed by atoms with Crippen molar-refractivity contribution in [3.05, 3.63) is 48.5 Å². The van der Waals surface area contributed by atoms with E-state index in [4.69, 9.17) is 18.9 Å². The van der Waals surface area contributed by atoms with Gasteiger partial charge in [0.2, 0.25) is 0 Å². The van der Waals surface area contributed by atoms with Crippen molar-refractivity contribution in [3.63, 3.8) is 0 Å². The maximum atomic E-state index is 12.3. The molecule has 1 unspecified atom stereocenters. The van der Waals surface area contributed by atoms with Gasteiger partial charge in [-0.1, -0.05) is 13.0 Å². The first kappa shape index (κ1) is 19.4. The Morgan fingerprint density at radius 1 is 0.962 bits per heavy atom. The Bertz CT molecular complexity index is 687. The fourth-order valence-electron chi connectivity index (χ4n) is 2.29. The van der Waals surface area contributed by atoms with Gasteiger partial charge < -0.3 is 24.3 Å². The van der Waals surface area contributed by atoms with Gasteiger partial charge in [0.15, 0.2) is 6.10 Å². The summed E-state index contributed by atoms with van der Waals surface area (Å²) in [6.45, 7) is 2.66. The molecule has 2 aromatic carbocycles. The van der Waals surface area contributed by atoms with Crippen molar-refractivity contribution in [3.8, 4) is 23.0 Å². The first-order valence-electron chi connectivity index (χ1n) is 8.51. The Balaban J connectivity index is 1.77. The Morgan fingerprint density at radius 2 is 1.62 bits per heavy atom. The molecule has 0 fully saturated rings. The van der Waals surface area contributed by atoms with E-state index in [0.29, 0.717) is 31.1 Å². The quantitative estimate of drug-likeness (QED) is 0.661. The minimum absolute atomic E-state index is 0.173. The molecule has 0 bridgehead atoms. The number of methoxy groups -OCH3 is 2. The number of benzene rings is 2. The number of hydrogen-bond acceptors (Lipinski definition) is 5. The molecule has 1 N–H and O–H groups in total. The third kappa shape index (κ3) is 5.88. The number of nitrogens with one attached hydrogen (secondary N) is 1. The van der Waals surface area contributed by atoms with Crippen molar-refractivity contribution < 1.29 is 23.7 Å². The molecule has 0 aromatic heterocycles. The minimum atomic E-state index is -0.567. The van der Waals surface area contributed by atoms with Crippen LogP contribution in [0.3, 0.4) is 0 Å². The van der Waals surface area contributed by atoms with Crippen LogP contribution in [0.1, 0.15) is 13.3 Å².